The molecule has 3 N–H and O–H groups in total. The number of hydrogen-bond acceptors (Lipinski definition) is 3. The normalized spacial score (nSPS) is 20.9. The van der Waals surface area contributed by atoms with Gasteiger partial charge in [-0.15, -0.1) is 12.4 Å². The minimum absolute atomic E-state index is 0. The molecule has 0 bridgehead atoms. The molecule has 6 heteroatoms. The quantitative estimate of drug-likeness (QED) is 0.893. The fourth-order valence-corrected chi connectivity index (χ4v) is 2.21. The van der Waals surface area contributed by atoms with Crippen molar-refractivity contribution in [2.75, 3.05) is 6.61 Å². The van der Waals surface area contributed by atoms with Crippen LogP contribution >= 0.6 is 12.4 Å². The van der Waals surface area contributed by atoms with Gasteiger partial charge in [-0.3, -0.25) is 4.79 Å². The van der Waals surface area contributed by atoms with Crippen LogP contribution in [0.5, 0.6) is 0 Å². The zero-order chi connectivity index (χ0) is 13.8. The zero-order valence-electron chi connectivity index (χ0n) is 11.3. The van der Waals surface area contributed by atoms with Gasteiger partial charge in [-0.05, 0) is 37.5 Å². The Morgan fingerprint density at radius 3 is 2.60 bits per heavy atom. The number of amides is 1. The van der Waals surface area contributed by atoms with Crippen LogP contribution in [0.15, 0.2) is 24.3 Å². The molecule has 0 saturated carbocycles. The van der Waals surface area contributed by atoms with E-state index in [4.69, 9.17) is 10.5 Å². The smallest absolute Gasteiger partial charge is 0.237 e. The molecule has 0 radical (unpaired) electrons. The largest absolute Gasteiger partial charge is 0.376 e. The second kappa shape index (κ2) is 7.57. The van der Waals surface area contributed by atoms with Crippen LogP contribution in [0.4, 0.5) is 4.39 Å². The molecule has 20 heavy (non-hydrogen) atoms. The van der Waals surface area contributed by atoms with Crippen molar-refractivity contribution < 1.29 is 13.9 Å². The summed E-state index contributed by atoms with van der Waals surface area (Å²) < 4.78 is 18.6. The van der Waals surface area contributed by atoms with Crippen LogP contribution in [-0.2, 0) is 9.53 Å². The molecule has 112 valence electrons. The van der Waals surface area contributed by atoms with Gasteiger partial charge in [-0.25, -0.2) is 4.39 Å². The molecule has 1 fully saturated rings. The Bertz CT molecular complexity index is 433. The maximum Gasteiger partial charge on any atom is 0.237 e. The molecule has 1 aliphatic rings. The number of nitrogens with one attached hydrogen (secondary N) is 1. The van der Waals surface area contributed by atoms with Gasteiger partial charge in [0.25, 0.3) is 0 Å². The number of benzene rings is 1. The van der Waals surface area contributed by atoms with Crippen LogP contribution in [0.3, 0.4) is 0 Å². The summed E-state index contributed by atoms with van der Waals surface area (Å²) in [6.07, 6.45) is 1.77. The summed E-state index contributed by atoms with van der Waals surface area (Å²) in [6, 6.07) is 5.25. The first-order valence-electron chi connectivity index (χ1n) is 6.51. The second-order valence-corrected chi connectivity index (χ2v) is 4.88. The lowest BCUT2D eigenvalue weighted by atomic mass is 9.99. The highest BCUT2D eigenvalue weighted by Crippen LogP contribution is 2.27. The Kier molecular flexibility index (Phi) is 6.39. The average Bonchev–Trinajstić information content (AvgIpc) is 2.90. The Hall–Kier alpha value is -1.17. The molecule has 1 aromatic carbocycles. The highest BCUT2D eigenvalue weighted by molar-refractivity contribution is 5.85. The van der Waals surface area contributed by atoms with Gasteiger partial charge in [0.2, 0.25) is 5.91 Å². The average molecular weight is 303 g/mol. The van der Waals surface area contributed by atoms with E-state index >= 15 is 0 Å². The number of carbonyl (C=O) groups excluding carboxylic acids is 1. The highest BCUT2D eigenvalue weighted by Gasteiger charge is 2.29. The first kappa shape index (κ1) is 16.9. The van der Waals surface area contributed by atoms with E-state index in [1.165, 1.54) is 12.1 Å². The maximum atomic E-state index is 13.0. The first-order chi connectivity index (χ1) is 9.08. The molecule has 2 rings (SSSR count). The van der Waals surface area contributed by atoms with Crippen molar-refractivity contribution in [2.24, 2.45) is 5.73 Å². The maximum absolute atomic E-state index is 13.0. The number of ether oxygens (including phenoxy) is 1. The molecule has 0 spiro atoms. The second-order valence-electron chi connectivity index (χ2n) is 4.88. The van der Waals surface area contributed by atoms with E-state index < -0.39 is 6.04 Å². The van der Waals surface area contributed by atoms with Crippen LogP contribution in [0.2, 0.25) is 0 Å². The summed E-state index contributed by atoms with van der Waals surface area (Å²) in [6.45, 7) is 2.32. The lowest BCUT2D eigenvalue weighted by molar-refractivity contribution is -0.123. The van der Waals surface area contributed by atoms with Gasteiger partial charge < -0.3 is 15.8 Å². The van der Waals surface area contributed by atoms with E-state index in [-0.39, 0.29) is 36.3 Å². The lowest BCUT2D eigenvalue weighted by Crippen LogP contribution is -2.43. The Labute approximate surface area is 124 Å². The van der Waals surface area contributed by atoms with E-state index in [0.29, 0.717) is 6.61 Å². The predicted octanol–water partition coefficient (Wildman–Crippen LogP) is 1.93. The van der Waals surface area contributed by atoms with Gasteiger partial charge >= 0.3 is 0 Å². The van der Waals surface area contributed by atoms with Gasteiger partial charge in [0.05, 0.1) is 18.2 Å². The Morgan fingerprint density at radius 2 is 2.10 bits per heavy atom. The molecular weight excluding hydrogens is 283 g/mol. The molecular formula is C14H20ClFN2O2. The number of rotatable bonds is 4. The molecule has 3 atom stereocenters. The predicted molar refractivity (Wildman–Crippen MR) is 77.2 cm³/mol. The molecule has 1 heterocycles. The van der Waals surface area contributed by atoms with Crippen LogP contribution in [-0.4, -0.2) is 24.7 Å². The summed E-state index contributed by atoms with van der Waals surface area (Å²) in [5.41, 5.74) is 6.41. The van der Waals surface area contributed by atoms with Gasteiger partial charge in [0, 0.05) is 6.61 Å². The SMILES string of the molecule is C[C@@H](N)C(=O)NC(c1ccc(F)cc1)C1CCCO1.Cl. The summed E-state index contributed by atoms with van der Waals surface area (Å²) in [4.78, 5) is 11.8. The van der Waals surface area contributed by atoms with Crippen molar-refractivity contribution in [2.45, 2.75) is 38.0 Å². The Morgan fingerprint density at radius 1 is 1.45 bits per heavy atom. The minimum Gasteiger partial charge on any atom is -0.376 e. The topological polar surface area (TPSA) is 64.4 Å². The van der Waals surface area contributed by atoms with Crippen LogP contribution < -0.4 is 11.1 Å². The third kappa shape index (κ3) is 4.16. The molecule has 0 aliphatic carbocycles. The highest BCUT2D eigenvalue weighted by atomic mass is 35.5. The van der Waals surface area contributed by atoms with Crippen molar-refractivity contribution in [3.05, 3.63) is 35.6 Å². The molecule has 1 amide bonds. The molecule has 4 nitrogen and oxygen atoms in total. The van der Waals surface area contributed by atoms with E-state index in [1.54, 1.807) is 19.1 Å². The standard InChI is InChI=1S/C14H19FN2O2.ClH/c1-9(16)14(18)17-13(12-3-2-8-19-12)10-4-6-11(15)7-5-10;/h4-7,9,12-13H,2-3,8,16H2,1H3,(H,17,18);1H/t9-,12?,13?;/m1./s1. The van der Waals surface area contributed by atoms with E-state index in [0.717, 1.165) is 18.4 Å². The fraction of sp³-hybridized carbons (Fsp3) is 0.500. The minimum atomic E-state index is -0.579. The van der Waals surface area contributed by atoms with Gasteiger partial charge in [0.15, 0.2) is 0 Å². The van der Waals surface area contributed by atoms with E-state index in [2.05, 4.69) is 5.32 Å². The zero-order valence-corrected chi connectivity index (χ0v) is 12.2. The summed E-state index contributed by atoms with van der Waals surface area (Å²) in [7, 11) is 0. The van der Waals surface area contributed by atoms with E-state index in [9.17, 15) is 9.18 Å². The third-order valence-electron chi connectivity index (χ3n) is 3.28. The first-order valence-corrected chi connectivity index (χ1v) is 6.51. The van der Waals surface area contributed by atoms with Crippen molar-refractivity contribution in [3.8, 4) is 0 Å². The molecule has 0 aromatic heterocycles. The van der Waals surface area contributed by atoms with Crippen LogP contribution in [0.1, 0.15) is 31.4 Å². The van der Waals surface area contributed by atoms with Crippen LogP contribution in [0.25, 0.3) is 0 Å². The summed E-state index contributed by atoms with van der Waals surface area (Å²) >= 11 is 0. The van der Waals surface area contributed by atoms with Crippen molar-refractivity contribution in [1.82, 2.24) is 5.32 Å². The third-order valence-corrected chi connectivity index (χ3v) is 3.28. The van der Waals surface area contributed by atoms with Gasteiger partial charge in [0.1, 0.15) is 5.82 Å². The number of nitrogens with two attached hydrogens (primary N) is 1. The number of halogens is 2. The molecule has 1 aliphatic heterocycles. The molecule has 1 aromatic rings. The lowest BCUT2D eigenvalue weighted by Gasteiger charge is -2.25. The number of hydrogen-bond donors (Lipinski definition) is 2. The van der Waals surface area contributed by atoms with Crippen molar-refractivity contribution in [1.29, 1.82) is 0 Å². The van der Waals surface area contributed by atoms with Crippen LogP contribution in [0, 0.1) is 5.82 Å². The summed E-state index contributed by atoms with van der Waals surface area (Å²) in [5, 5.41) is 2.88. The summed E-state index contributed by atoms with van der Waals surface area (Å²) in [5.74, 6) is -0.529. The monoisotopic (exact) mass is 302 g/mol. The van der Waals surface area contributed by atoms with Crippen molar-refractivity contribution in [3.63, 3.8) is 0 Å². The van der Waals surface area contributed by atoms with Gasteiger partial charge in [-0.2, -0.15) is 0 Å². The Balaban J connectivity index is 0.00000200. The van der Waals surface area contributed by atoms with E-state index in [1.807, 2.05) is 0 Å². The van der Waals surface area contributed by atoms with Gasteiger partial charge in [-0.1, -0.05) is 12.1 Å². The fourth-order valence-electron chi connectivity index (χ4n) is 2.21. The number of carbonyl (C=O) groups is 1. The molecule has 2 unspecified atom stereocenters. The van der Waals surface area contributed by atoms with Crippen molar-refractivity contribution >= 4 is 18.3 Å². The molecule has 1 saturated heterocycles.